The number of rotatable bonds is 4. The van der Waals surface area contributed by atoms with E-state index >= 15 is 0 Å². The van der Waals surface area contributed by atoms with Crippen molar-refractivity contribution >= 4 is 0 Å². The molecule has 4 heteroatoms. The largest absolute Gasteiger partial charge is 0.265 e. The number of nitriles is 2. The number of nitrogens with zero attached hydrogens (tertiary/aromatic N) is 4. The molecular weight excluding hydrogens is 392 g/mol. The Bertz CT molecular complexity index is 1180. The quantitative estimate of drug-likeness (QED) is 0.433. The third-order valence-electron chi connectivity index (χ3n) is 6.58. The van der Waals surface area contributed by atoms with Gasteiger partial charge in [-0.1, -0.05) is 24.3 Å². The first-order valence-corrected chi connectivity index (χ1v) is 10.6. The lowest BCUT2D eigenvalue weighted by Crippen LogP contribution is -2.40. The van der Waals surface area contributed by atoms with Crippen molar-refractivity contribution in [2.75, 3.05) is 0 Å². The third-order valence-corrected chi connectivity index (χ3v) is 6.58. The Labute approximate surface area is 187 Å². The zero-order chi connectivity index (χ0) is 21.9. The van der Waals surface area contributed by atoms with Gasteiger partial charge in [-0.15, -0.1) is 0 Å². The molecule has 32 heavy (non-hydrogen) atoms. The molecule has 2 aromatic heterocycles. The second-order valence-electron chi connectivity index (χ2n) is 8.13. The number of hydrogen-bond acceptors (Lipinski definition) is 4. The van der Waals surface area contributed by atoms with E-state index in [-0.39, 0.29) is 23.7 Å². The van der Waals surface area contributed by atoms with Gasteiger partial charge in [0.25, 0.3) is 0 Å². The van der Waals surface area contributed by atoms with Crippen molar-refractivity contribution in [1.29, 1.82) is 10.5 Å². The Hall–Kier alpha value is -4.28. The van der Waals surface area contributed by atoms with Gasteiger partial charge in [-0.2, -0.15) is 10.5 Å². The van der Waals surface area contributed by atoms with E-state index in [0.29, 0.717) is 11.1 Å². The summed E-state index contributed by atoms with van der Waals surface area (Å²) in [7, 11) is 0. The van der Waals surface area contributed by atoms with Crippen LogP contribution in [0.1, 0.15) is 57.1 Å². The molecule has 0 amide bonds. The summed E-state index contributed by atoms with van der Waals surface area (Å²) in [5.74, 6) is 0.982. The fourth-order valence-corrected chi connectivity index (χ4v) is 5.14. The summed E-state index contributed by atoms with van der Waals surface area (Å²) in [6.45, 7) is 0. The summed E-state index contributed by atoms with van der Waals surface area (Å²) >= 11 is 0. The first-order valence-electron chi connectivity index (χ1n) is 10.6. The topological polar surface area (TPSA) is 73.4 Å². The van der Waals surface area contributed by atoms with E-state index in [1.54, 1.807) is 0 Å². The van der Waals surface area contributed by atoms with E-state index in [4.69, 9.17) is 0 Å². The maximum absolute atomic E-state index is 9.25. The number of pyridine rings is 2. The molecule has 152 valence electrons. The Kier molecular flexibility index (Phi) is 5.20. The van der Waals surface area contributed by atoms with Crippen molar-refractivity contribution in [1.82, 2.24) is 9.97 Å². The standard InChI is InChI=1S/C28H20N4/c29-17-19-1-5-21(6-2-19)25-26(22-7-3-20(18-30)4-8-22)28(24-11-15-32-16-12-24)27(25)23-9-13-31-14-10-23/h1-16,25-28H/t25-,26?,27?,28+/m0/s1. The number of benzene rings is 2. The zero-order valence-electron chi connectivity index (χ0n) is 17.3. The van der Waals surface area contributed by atoms with Gasteiger partial charge in [-0.05, 0) is 94.5 Å². The van der Waals surface area contributed by atoms with Gasteiger partial charge in [-0.3, -0.25) is 9.97 Å². The first-order chi connectivity index (χ1) is 15.8. The fourth-order valence-electron chi connectivity index (χ4n) is 5.14. The van der Waals surface area contributed by atoms with Crippen LogP contribution >= 0.6 is 0 Å². The van der Waals surface area contributed by atoms with Crippen LogP contribution < -0.4 is 0 Å². The van der Waals surface area contributed by atoms with Crippen LogP contribution in [0.2, 0.25) is 0 Å². The van der Waals surface area contributed by atoms with Gasteiger partial charge in [0.15, 0.2) is 0 Å². The molecule has 4 nitrogen and oxygen atoms in total. The molecule has 0 saturated heterocycles. The van der Waals surface area contributed by atoms with Gasteiger partial charge in [0.2, 0.25) is 0 Å². The first kappa shape index (κ1) is 19.7. The van der Waals surface area contributed by atoms with E-state index in [1.165, 1.54) is 22.3 Å². The molecule has 0 N–H and O–H groups in total. The van der Waals surface area contributed by atoms with E-state index in [9.17, 15) is 10.5 Å². The van der Waals surface area contributed by atoms with Crippen LogP contribution in [0.3, 0.4) is 0 Å². The second-order valence-corrected chi connectivity index (χ2v) is 8.13. The maximum atomic E-state index is 9.25. The molecule has 1 aliphatic rings. The van der Waals surface area contributed by atoms with E-state index < -0.39 is 0 Å². The molecule has 0 spiro atoms. The van der Waals surface area contributed by atoms with Gasteiger partial charge in [0, 0.05) is 24.8 Å². The Morgan fingerprint density at radius 3 is 1.00 bits per heavy atom. The maximum Gasteiger partial charge on any atom is 0.0991 e. The second kappa shape index (κ2) is 8.46. The third kappa shape index (κ3) is 3.43. The van der Waals surface area contributed by atoms with E-state index in [0.717, 1.165) is 0 Å². The van der Waals surface area contributed by atoms with Crippen LogP contribution in [-0.2, 0) is 0 Å². The average molecular weight is 412 g/mol. The zero-order valence-corrected chi connectivity index (χ0v) is 17.3. The van der Waals surface area contributed by atoms with Crippen LogP contribution in [0.4, 0.5) is 0 Å². The Morgan fingerprint density at radius 2 is 0.719 bits per heavy atom. The van der Waals surface area contributed by atoms with E-state index in [2.05, 4.69) is 70.6 Å². The molecular formula is C28H20N4. The van der Waals surface area contributed by atoms with Crippen molar-refractivity contribution in [3.8, 4) is 12.1 Å². The molecule has 1 aliphatic carbocycles. The summed E-state index contributed by atoms with van der Waals surface area (Å²) < 4.78 is 0. The minimum atomic E-state index is 0.233. The molecule has 2 aromatic carbocycles. The minimum Gasteiger partial charge on any atom is -0.265 e. The van der Waals surface area contributed by atoms with Crippen LogP contribution in [0, 0.1) is 22.7 Å². The predicted octanol–water partition coefficient (Wildman–Crippen LogP) is 5.67. The highest BCUT2D eigenvalue weighted by molar-refractivity contribution is 5.49. The van der Waals surface area contributed by atoms with Crippen molar-refractivity contribution in [3.63, 3.8) is 0 Å². The summed E-state index contributed by atoms with van der Waals surface area (Å²) in [4.78, 5) is 8.45. The summed E-state index contributed by atoms with van der Waals surface area (Å²) in [5, 5.41) is 18.5. The molecule has 0 aliphatic heterocycles. The summed E-state index contributed by atoms with van der Waals surface area (Å²) in [5.41, 5.74) is 6.25. The molecule has 0 bridgehead atoms. The van der Waals surface area contributed by atoms with Crippen LogP contribution in [0.5, 0.6) is 0 Å². The molecule has 4 aromatic rings. The van der Waals surface area contributed by atoms with Gasteiger partial charge < -0.3 is 0 Å². The highest BCUT2D eigenvalue weighted by atomic mass is 14.6. The van der Waals surface area contributed by atoms with Crippen molar-refractivity contribution in [3.05, 3.63) is 131 Å². The van der Waals surface area contributed by atoms with Crippen LogP contribution in [0.25, 0.3) is 0 Å². The normalized spacial score (nSPS) is 21.7. The lowest BCUT2D eigenvalue weighted by atomic mass is 9.49. The van der Waals surface area contributed by atoms with Crippen molar-refractivity contribution < 1.29 is 0 Å². The lowest BCUT2D eigenvalue weighted by molar-refractivity contribution is 0.228. The molecule has 1 fully saturated rings. The highest BCUT2D eigenvalue weighted by Crippen LogP contribution is 2.66. The molecule has 4 atom stereocenters. The average Bonchev–Trinajstić information content (AvgIpc) is 2.86. The molecule has 0 radical (unpaired) electrons. The smallest absolute Gasteiger partial charge is 0.0991 e. The Morgan fingerprint density at radius 1 is 0.438 bits per heavy atom. The molecule has 2 unspecified atom stereocenters. The van der Waals surface area contributed by atoms with Crippen LogP contribution in [-0.4, -0.2) is 9.97 Å². The van der Waals surface area contributed by atoms with Gasteiger partial charge in [-0.25, -0.2) is 0 Å². The van der Waals surface area contributed by atoms with Crippen molar-refractivity contribution in [2.45, 2.75) is 23.7 Å². The fraction of sp³-hybridized carbons (Fsp3) is 0.143. The highest BCUT2D eigenvalue weighted by Gasteiger charge is 2.52. The van der Waals surface area contributed by atoms with Crippen molar-refractivity contribution in [2.24, 2.45) is 0 Å². The minimum absolute atomic E-state index is 0.233. The Balaban J connectivity index is 1.66. The summed E-state index contributed by atoms with van der Waals surface area (Å²) in [6, 6.07) is 28.7. The molecule has 1 saturated carbocycles. The SMILES string of the molecule is N#Cc1ccc(C2[C@@H](c3ccncc3)C(c3ccncc3)[C@H]2c2ccc(C#N)cc2)cc1. The molecule has 2 heterocycles. The molecule has 5 rings (SSSR count). The number of aromatic nitrogens is 2. The number of hydrogen-bond donors (Lipinski definition) is 0. The summed E-state index contributed by atoms with van der Waals surface area (Å²) in [6.07, 6.45) is 7.40. The predicted molar refractivity (Wildman–Crippen MR) is 122 cm³/mol. The van der Waals surface area contributed by atoms with Gasteiger partial charge in [0.1, 0.15) is 0 Å². The van der Waals surface area contributed by atoms with Gasteiger partial charge in [0.05, 0.1) is 23.3 Å². The van der Waals surface area contributed by atoms with E-state index in [1.807, 2.05) is 49.1 Å². The lowest BCUT2D eigenvalue weighted by Gasteiger charge is -2.53. The van der Waals surface area contributed by atoms with Gasteiger partial charge >= 0.3 is 0 Å². The van der Waals surface area contributed by atoms with Crippen LogP contribution in [0.15, 0.2) is 97.6 Å². The monoisotopic (exact) mass is 412 g/mol.